The van der Waals surface area contributed by atoms with Gasteiger partial charge < -0.3 is 19.5 Å². The van der Waals surface area contributed by atoms with Gasteiger partial charge in [-0.1, -0.05) is 6.07 Å². The molecule has 2 heterocycles. The molecule has 0 unspecified atom stereocenters. The van der Waals surface area contributed by atoms with Gasteiger partial charge >= 0.3 is 12.1 Å². The van der Waals surface area contributed by atoms with E-state index in [9.17, 15) is 23.2 Å². The number of anilines is 1. The van der Waals surface area contributed by atoms with E-state index in [2.05, 4.69) is 10.2 Å². The summed E-state index contributed by atoms with van der Waals surface area (Å²) >= 11 is 0. The molecule has 10 nitrogen and oxygen atoms in total. The zero-order valence-corrected chi connectivity index (χ0v) is 26.2. The molecule has 0 aliphatic carbocycles. The molecule has 1 aliphatic rings. The van der Waals surface area contributed by atoms with E-state index < -0.39 is 24.1 Å². The highest BCUT2D eigenvalue weighted by Gasteiger charge is 2.32. The number of halogens is 2. The van der Waals surface area contributed by atoms with E-state index in [1.165, 1.54) is 18.6 Å². The van der Waals surface area contributed by atoms with E-state index in [1.807, 2.05) is 19.1 Å². The lowest BCUT2D eigenvalue weighted by atomic mass is 9.97. The summed E-state index contributed by atoms with van der Waals surface area (Å²) in [5.74, 6) is -0.347. The van der Waals surface area contributed by atoms with Crippen molar-refractivity contribution in [3.8, 4) is 5.75 Å². The lowest BCUT2D eigenvalue weighted by molar-refractivity contribution is -0.114. The number of rotatable bonds is 8. The van der Waals surface area contributed by atoms with Gasteiger partial charge in [-0.15, -0.1) is 0 Å². The van der Waals surface area contributed by atoms with Crippen LogP contribution in [0, 0.1) is 6.92 Å². The SMILES string of the molecule is COC(=O)c1ccc([C@H]2CN(CC(F)F)CCN2Cc2c(OC)cc(C)c3c2ccn3C(=O)OC(C)(C)C)cc1NC(C)=O. The van der Waals surface area contributed by atoms with Crippen molar-refractivity contribution in [2.24, 2.45) is 0 Å². The van der Waals surface area contributed by atoms with Crippen molar-refractivity contribution in [3.05, 3.63) is 58.8 Å². The summed E-state index contributed by atoms with van der Waals surface area (Å²) < 4.78 is 44.7. The van der Waals surface area contributed by atoms with E-state index >= 15 is 0 Å². The second-order valence-electron chi connectivity index (χ2n) is 11.9. The molecule has 2 aromatic carbocycles. The molecule has 4 rings (SSSR count). The largest absolute Gasteiger partial charge is 0.496 e. The van der Waals surface area contributed by atoms with Crippen molar-refractivity contribution < 1.29 is 37.4 Å². The lowest BCUT2D eigenvalue weighted by Crippen LogP contribution is -2.49. The molecule has 1 atom stereocenters. The number of aryl methyl sites for hydroxylation is 1. The Bertz CT molecular complexity index is 1550. The third-order valence-electron chi connectivity index (χ3n) is 7.52. The molecule has 0 bridgehead atoms. The molecule has 1 N–H and O–H groups in total. The molecule has 0 saturated carbocycles. The van der Waals surface area contributed by atoms with Gasteiger partial charge in [0.1, 0.15) is 11.4 Å². The number of hydrogen-bond donors (Lipinski definition) is 1. The molecule has 238 valence electrons. The maximum atomic E-state index is 13.5. The van der Waals surface area contributed by atoms with Gasteiger partial charge in [0.2, 0.25) is 5.91 Å². The van der Waals surface area contributed by atoms with Crippen molar-refractivity contribution in [1.29, 1.82) is 0 Å². The van der Waals surface area contributed by atoms with Gasteiger partial charge in [-0.05, 0) is 63.1 Å². The first kappa shape index (κ1) is 32.9. The number of nitrogens with zero attached hydrogens (tertiary/aromatic N) is 3. The van der Waals surface area contributed by atoms with Crippen molar-refractivity contribution in [2.75, 3.05) is 45.7 Å². The number of fused-ring (bicyclic) bond motifs is 1. The average Bonchev–Trinajstić information content (AvgIpc) is 3.39. The Balaban J connectivity index is 1.79. The summed E-state index contributed by atoms with van der Waals surface area (Å²) in [6, 6.07) is 8.37. The van der Waals surface area contributed by atoms with Crippen molar-refractivity contribution in [2.45, 2.75) is 59.2 Å². The number of carbonyl (C=O) groups is 3. The van der Waals surface area contributed by atoms with Crippen LogP contribution >= 0.6 is 0 Å². The van der Waals surface area contributed by atoms with E-state index in [1.54, 1.807) is 57.2 Å². The number of methoxy groups -OCH3 is 2. The smallest absolute Gasteiger partial charge is 0.419 e. The second kappa shape index (κ2) is 13.3. The van der Waals surface area contributed by atoms with Crippen molar-refractivity contribution in [1.82, 2.24) is 14.4 Å². The van der Waals surface area contributed by atoms with Gasteiger partial charge in [-0.3, -0.25) is 19.2 Å². The monoisotopic (exact) mass is 614 g/mol. The highest BCUT2D eigenvalue weighted by atomic mass is 19.3. The van der Waals surface area contributed by atoms with Crippen LogP contribution in [-0.2, 0) is 20.8 Å². The number of aromatic nitrogens is 1. The van der Waals surface area contributed by atoms with Crippen LogP contribution < -0.4 is 10.1 Å². The van der Waals surface area contributed by atoms with Crippen LogP contribution in [0.5, 0.6) is 5.75 Å². The van der Waals surface area contributed by atoms with Crippen LogP contribution in [0.2, 0.25) is 0 Å². The topological polar surface area (TPSA) is 102 Å². The molecule has 1 aromatic heterocycles. The predicted octanol–water partition coefficient (Wildman–Crippen LogP) is 5.61. The Morgan fingerprint density at radius 3 is 2.43 bits per heavy atom. The van der Waals surface area contributed by atoms with Crippen LogP contribution in [0.4, 0.5) is 19.3 Å². The lowest BCUT2D eigenvalue weighted by Gasteiger charge is -2.42. The molecule has 0 spiro atoms. The maximum absolute atomic E-state index is 13.5. The highest BCUT2D eigenvalue weighted by Crippen LogP contribution is 2.37. The number of carbonyl (C=O) groups excluding carboxylic acids is 3. The number of benzene rings is 2. The average molecular weight is 615 g/mol. The van der Waals surface area contributed by atoms with Crippen LogP contribution in [0.3, 0.4) is 0 Å². The number of piperazine rings is 1. The molecule has 1 amide bonds. The van der Waals surface area contributed by atoms with E-state index in [0.29, 0.717) is 30.9 Å². The number of esters is 1. The van der Waals surface area contributed by atoms with Crippen molar-refractivity contribution in [3.63, 3.8) is 0 Å². The summed E-state index contributed by atoms with van der Waals surface area (Å²) in [6.07, 6.45) is -1.32. The number of nitrogens with one attached hydrogen (secondary N) is 1. The van der Waals surface area contributed by atoms with Gasteiger partial charge in [0.05, 0.1) is 37.5 Å². The number of hydrogen-bond acceptors (Lipinski definition) is 8. The summed E-state index contributed by atoms with van der Waals surface area (Å²) in [5.41, 5.74) is 2.86. The fraction of sp³-hybridized carbons (Fsp3) is 0.469. The molecule has 44 heavy (non-hydrogen) atoms. The fourth-order valence-corrected chi connectivity index (χ4v) is 5.67. The zero-order valence-electron chi connectivity index (χ0n) is 26.2. The molecule has 1 aliphatic heterocycles. The Morgan fingerprint density at radius 1 is 1.09 bits per heavy atom. The van der Waals surface area contributed by atoms with E-state index in [4.69, 9.17) is 14.2 Å². The molecule has 1 saturated heterocycles. The highest BCUT2D eigenvalue weighted by molar-refractivity contribution is 6.01. The zero-order chi connectivity index (χ0) is 32.3. The van der Waals surface area contributed by atoms with Crippen molar-refractivity contribution >= 4 is 34.6 Å². The molecule has 0 radical (unpaired) electrons. The van der Waals surface area contributed by atoms with Crippen LogP contribution in [0.25, 0.3) is 10.9 Å². The van der Waals surface area contributed by atoms with Gasteiger partial charge in [-0.2, -0.15) is 0 Å². The van der Waals surface area contributed by atoms with Crippen LogP contribution in [-0.4, -0.2) is 84.8 Å². The fourth-order valence-electron chi connectivity index (χ4n) is 5.67. The number of ether oxygens (including phenoxy) is 3. The minimum Gasteiger partial charge on any atom is -0.496 e. The quantitative estimate of drug-likeness (QED) is 0.327. The van der Waals surface area contributed by atoms with Crippen LogP contribution in [0.1, 0.15) is 60.8 Å². The molecular formula is C32H40F2N4O6. The Morgan fingerprint density at radius 2 is 1.82 bits per heavy atom. The Hall–Kier alpha value is -4.03. The van der Waals surface area contributed by atoms with Gasteiger partial charge in [0, 0.05) is 56.3 Å². The van der Waals surface area contributed by atoms with Crippen LogP contribution in [0.15, 0.2) is 36.5 Å². The number of alkyl halides is 2. The van der Waals surface area contributed by atoms with Gasteiger partial charge in [-0.25, -0.2) is 18.4 Å². The van der Waals surface area contributed by atoms with Gasteiger partial charge in [0.15, 0.2) is 0 Å². The van der Waals surface area contributed by atoms with E-state index in [-0.39, 0.29) is 36.3 Å². The first-order chi connectivity index (χ1) is 20.7. The third-order valence-corrected chi connectivity index (χ3v) is 7.52. The van der Waals surface area contributed by atoms with Gasteiger partial charge in [0.25, 0.3) is 6.43 Å². The summed E-state index contributed by atoms with van der Waals surface area (Å²) in [7, 11) is 2.84. The van der Waals surface area contributed by atoms with E-state index in [0.717, 1.165) is 22.1 Å². The number of amides is 1. The Kier molecular flexibility index (Phi) is 9.94. The summed E-state index contributed by atoms with van der Waals surface area (Å²) in [6.45, 7) is 9.81. The minimum atomic E-state index is -2.50. The first-order valence-corrected chi connectivity index (χ1v) is 14.4. The normalized spacial score (nSPS) is 16.3. The first-order valence-electron chi connectivity index (χ1n) is 14.4. The molecular weight excluding hydrogens is 574 g/mol. The third kappa shape index (κ3) is 7.36. The second-order valence-corrected chi connectivity index (χ2v) is 11.9. The molecule has 3 aromatic rings. The Labute approximate surface area is 255 Å². The summed E-state index contributed by atoms with van der Waals surface area (Å²) in [5, 5.41) is 3.50. The molecule has 1 fully saturated rings. The minimum absolute atomic E-state index is 0.184. The maximum Gasteiger partial charge on any atom is 0.419 e. The summed E-state index contributed by atoms with van der Waals surface area (Å²) in [4.78, 5) is 41.3. The standard InChI is InChI=1S/C32H40F2N4O6/c1-19-14-27(42-6)24(22-10-11-38(29(19)22)31(41)44-32(3,4)5)16-37-13-12-36(18-28(33)34)17-26(37)21-8-9-23(30(40)43-7)25(15-21)35-20(2)39/h8-11,14-15,26,28H,12-13,16-18H2,1-7H3,(H,35,39)/t26-/m1/s1. The molecule has 12 heteroatoms. The predicted molar refractivity (Wildman–Crippen MR) is 163 cm³/mol.